The maximum Gasteiger partial charge on any atom is 0.358 e. The van der Waals surface area contributed by atoms with E-state index in [1.807, 2.05) is 0 Å². The minimum Gasteiger partial charge on any atom is -0.476 e. The average Bonchev–Trinajstić information content (AvgIpc) is 2.92. The molecule has 0 saturated carbocycles. The van der Waals surface area contributed by atoms with Gasteiger partial charge in [-0.05, 0) is 35.4 Å². The van der Waals surface area contributed by atoms with Crippen molar-refractivity contribution in [1.82, 2.24) is 15.1 Å². The Hall–Kier alpha value is -2.44. The predicted molar refractivity (Wildman–Crippen MR) is 59.8 cm³/mol. The van der Waals surface area contributed by atoms with Crippen molar-refractivity contribution < 1.29 is 14.3 Å². The fourth-order valence-corrected chi connectivity index (χ4v) is 2.04. The van der Waals surface area contributed by atoms with Gasteiger partial charge in [0.25, 0.3) is 0 Å². The SMILES string of the molecule is O=C(O)c1cn(N2CCc3cc(F)ccc32)nn1. The van der Waals surface area contributed by atoms with Crippen LogP contribution in [0.3, 0.4) is 0 Å². The van der Waals surface area contributed by atoms with Crippen LogP contribution in [0.5, 0.6) is 0 Å². The molecule has 1 aliphatic rings. The maximum absolute atomic E-state index is 13.1. The number of halogens is 1. The summed E-state index contributed by atoms with van der Waals surface area (Å²) in [6.07, 6.45) is 2.02. The van der Waals surface area contributed by atoms with Crippen molar-refractivity contribution in [3.05, 3.63) is 41.5 Å². The molecule has 1 N–H and O–H groups in total. The summed E-state index contributed by atoms with van der Waals surface area (Å²) in [5.74, 6) is -1.40. The van der Waals surface area contributed by atoms with Crippen LogP contribution in [0.15, 0.2) is 24.4 Å². The first-order chi connectivity index (χ1) is 8.65. The number of hydrogen-bond donors (Lipinski definition) is 1. The van der Waals surface area contributed by atoms with Crippen LogP contribution in [0.4, 0.5) is 10.1 Å². The topological polar surface area (TPSA) is 71.2 Å². The molecule has 1 aromatic heterocycles. The quantitative estimate of drug-likeness (QED) is 0.856. The first-order valence-corrected chi connectivity index (χ1v) is 5.37. The van der Waals surface area contributed by atoms with Crippen LogP contribution in [0.2, 0.25) is 0 Å². The Balaban J connectivity index is 1.98. The Morgan fingerprint density at radius 3 is 3.00 bits per heavy atom. The second-order valence-corrected chi connectivity index (χ2v) is 3.98. The number of carbonyl (C=O) groups is 1. The summed E-state index contributed by atoms with van der Waals surface area (Å²) >= 11 is 0. The van der Waals surface area contributed by atoms with Gasteiger partial charge in [-0.25, -0.2) is 9.18 Å². The van der Waals surface area contributed by atoms with E-state index < -0.39 is 5.97 Å². The molecule has 0 unspecified atom stereocenters. The number of benzene rings is 1. The molecule has 0 aliphatic carbocycles. The third-order valence-corrected chi connectivity index (χ3v) is 2.86. The number of rotatable bonds is 2. The first kappa shape index (κ1) is 10.7. The highest BCUT2D eigenvalue weighted by Crippen LogP contribution is 2.28. The van der Waals surface area contributed by atoms with Gasteiger partial charge in [-0.15, -0.1) is 5.10 Å². The Morgan fingerprint density at radius 2 is 2.28 bits per heavy atom. The molecular weight excluding hydrogens is 239 g/mol. The van der Waals surface area contributed by atoms with E-state index in [1.165, 1.54) is 23.1 Å². The molecule has 18 heavy (non-hydrogen) atoms. The summed E-state index contributed by atoms with van der Waals surface area (Å²) in [6.45, 7) is 0.612. The number of aromatic nitrogens is 3. The molecule has 2 heterocycles. The smallest absolute Gasteiger partial charge is 0.358 e. The van der Waals surface area contributed by atoms with Crippen molar-refractivity contribution in [3.63, 3.8) is 0 Å². The van der Waals surface area contributed by atoms with Crippen molar-refractivity contribution in [2.75, 3.05) is 11.6 Å². The highest BCUT2D eigenvalue weighted by molar-refractivity contribution is 5.84. The van der Waals surface area contributed by atoms with Crippen LogP contribution in [0.1, 0.15) is 16.1 Å². The van der Waals surface area contributed by atoms with Crippen LogP contribution in [0, 0.1) is 5.82 Å². The highest BCUT2D eigenvalue weighted by Gasteiger charge is 2.22. The van der Waals surface area contributed by atoms with E-state index in [9.17, 15) is 9.18 Å². The molecule has 2 aromatic rings. The van der Waals surface area contributed by atoms with Crippen molar-refractivity contribution in [3.8, 4) is 0 Å². The van der Waals surface area contributed by atoms with Gasteiger partial charge in [-0.1, -0.05) is 0 Å². The summed E-state index contributed by atoms with van der Waals surface area (Å²) in [5.41, 5.74) is 1.58. The summed E-state index contributed by atoms with van der Waals surface area (Å²) in [7, 11) is 0. The molecule has 0 fully saturated rings. The zero-order valence-corrected chi connectivity index (χ0v) is 9.25. The summed E-state index contributed by atoms with van der Waals surface area (Å²) < 4.78 is 13.1. The number of aromatic carboxylic acids is 1. The molecule has 0 spiro atoms. The molecule has 92 valence electrons. The van der Waals surface area contributed by atoms with E-state index >= 15 is 0 Å². The van der Waals surface area contributed by atoms with Gasteiger partial charge in [0.1, 0.15) is 5.82 Å². The summed E-state index contributed by atoms with van der Waals surface area (Å²) in [4.78, 5) is 12.1. The van der Waals surface area contributed by atoms with Crippen molar-refractivity contribution in [2.45, 2.75) is 6.42 Å². The van der Waals surface area contributed by atoms with E-state index in [0.717, 1.165) is 11.3 Å². The Labute approximate surface area is 101 Å². The van der Waals surface area contributed by atoms with Gasteiger partial charge >= 0.3 is 5.97 Å². The average molecular weight is 248 g/mol. The largest absolute Gasteiger partial charge is 0.476 e. The minimum atomic E-state index is -1.13. The molecule has 3 rings (SSSR count). The fourth-order valence-electron chi connectivity index (χ4n) is 2.04. The van der Waals surface area contributed by atoms with Crippen LogP contribution in [-0.4, -0.2) is 32.7 Å². The van der Waals surface area contributed by atoms with E-state index in [1.54, 1.807) is 11.1 Å². The molecule has 0 saturated heterocycles. The highest BCUT2D eigenvalue weighted by atomic mass is 19.1. The lowest BCUT2D eigenvalue weighted by atomic mass is 10.2. The lowest BCUT2D eigenvalue weighted by Gasteiger charge is -2.17. The second-order valence-electron chi connectivity index (χ2n) is 3.98. The van der Waals surface area contributed by atoms with E-state index in [0.29, 0.717) is 13.0 Å². The standard InChI is InChI=1S/C11H9FN4O2/c12-8-1-2-10-7(5-8)3-4-15(10)16-6-9(11(17)18)13-14-16/h1-2,5-6H,3-4H2,(H,17,18). The first-order valence-electron chi connectivity index (χ1n) is 5.37. The van der Waals surface area contributed by atoms with Crippen LogP contribution in [0.25, 0.3) is 0 Å². The zero-order chi connectivity index (χ0) is 12.7. The van der Waals surface area contributed by atoms with Crippen molar-refractivity contribution >= 4 is 11.7 Å². The van der Waals surface area contributed by atoms with E-state index in [2.05, 4.69) is 10.3 Å². The Morgan fingerprint density at radius 1 is 1.44 bits per heavy atom. The lowest BCUT2D eigenvalue weighted by Crippen LogP contribution is -2.28. The third-order valence-electron chi connectivity index (χ3n) is 2.86. The number of carboxylic acid groups (broad SMARTS) is 1. The molecule has 7 heteroatoms. The van der Waals surface area contributed by atoms with Gasteiger partial charge in [0, 0.05) is 6.54 Å². The van der Waals surface area contributed by atoms with Gasteiger partial charge in [0.2, 0.25) is 0 Å². The molecule has 1 aromatic carbocycles. The van der Waals surface area contributed by atoms with Crippen LogP contribution >= 0.6 is 0 Å². The van der Waals surface area contributed by atoms with Gasteiger partial charge in [-0.3, -0.25) is 5.01 Å². The number of fused-ring (bicyclic) bond motifs is 1. The number of hydrogen-bond acceptors (Lipinski definition) is 4. The lowest BCUT2D eigenvalue weighted by molar-refractivity contribution is 0.0690. The molecule has 0 atom stereocenters. The summed E-state index contributed by atoms with van der Waals surface area (Å²) in [6, 6.07) is 4.50. The number of anilines is 1. The predicted octanol–water partition coefficient (Wildman–Crippen LogP) is 0.941. The van der Waals surface area contributed by atoms with E-state index in [-0.39, 0.29) is 11.5 Å². The number of carboxylic acids is 1. The number of nitrogens with zero attached hydrogens (tertiary/aromatic N) is 4. The molecular formula is C11H9FN4O2. The molecule has 0 amide bonds. The monoisotopic (exact) mass is 248 g/mol. The van der Waals surface area contributed by atoms with Crippen molar-refractivity contribution in [1.29, 1.82) is 0 Å². The Kier molecular flexibility index (Phi) is 2.26. The van der Waals surface area contributed by atoms with Gasteiger partial charge in [-0.2, -0.15) is 4.79 Å². The normalized spacial score (nSPS) is 13.7. The second kappa shape index (κ2) is 3.80. The Bertz CT molecular complexity index is 625. The van der Waals surface area contributed by atoms with Crippen LogP contribution in [-0.2, 0) is 6.42 Å². The van der Waals surface area contributed by atoms with Crippen molar-refractivity contribution in [2.24, 2.45) is 0 Å². The summed E-state index contributed by atoms with van der Waals surface area (Å²) in [5, 5.41) is 17.9. The fraction of sp³-hybridized carbons (Fsp3) is 0.182. The van der Waals surface area contributed by atoms with Crippen LogP contribution < -0.4 is 5.01 Å². The van der Waals surface area contributed by atoms with E-state index in [4.69, 9.17) is 5.11 Å². The zero-order valence-electron chi connectivity index (χ0n) is 9.25. The van der Waals surface area contributed by atoms with Gasteiger partial charge in [0.05, 0.1) is 11.9 Å². The molecule has 0 bridgehead atoms. The molecule has 1 aliphatic heterocycles. The maximum atomic E-state index is 13.1. The third kappa shape index (κ3) is 1.60. The molecule has 6 nitrogen and oxygen atoms in total. The minimum absolute atomic E-state index is 0.120. The van der Waals surface area contributed by atoms with Gasteiger partial charge < -0.3 is 5.11 Å². The van der Waals surface area contributed by atoms with Gasteiger partial charge in [0.15, 0.2) is 5.69 Å². The molecule has 0 radical (unpaired) electrons.